The summed E-state index contributed by atoms with van der Waals surface area (Å²) in [6.45, 7) is 8.76. The van der Waals surface area contributed by atoms with E-state index in [9.17, 15) is 4.79 Å². The van der Waals surface area contributed by atoms with Crippen LogP contribution in [-0.4, -0.2) is 36.5 Å². The molecule has 0 saturated carbocycles. The summed E-state index contributed by atoms with van der Waals surface area (Å²) in [7, 11) is 0. The fraction of sp³-hybridized carbons (Fsp3) is 0.500. The Labute approximate surface area is 128 Å². The summed E-state index contributed by atoms with van der Waals surface area (Å²) in [4.78, 5) is 14.4. The minimum absolute atomic E-state index is 0.0580. The van der Waals surface area contributed by atoms with Gasteiger partial charge in [-0.3, -0.25) is 9.69 Å². The van der Waals surface area contributed by atoms with Gasteiger partial charge in [0.15, 0.2) is 0 Å². The molecule has 1 aliphatic heterocycles. The number of hydrogen-bond acceptors (Lipinski definition) is 2. The second-order valence-electron chi connectivity index (χ2n) is 6.16. The molecule has 0 aromatic heterocycles. The van der Waals surface area contributed by atoms with Crippen molar-refractivity contribution in [3.05, 3.63) is 42.0 Å². The fourth-order valence-corrected chi connectivity index (χ4v) is 2.57. The molecule has 0 fully saturated rings. The summed E-state index contributed by atoms with van der Waals surface area (Å²) in [5.74, 6) is 0.632. The first kappa shape index (κ1) is 15.8. The van der Waals surface area contributed by atoms with E-state index >= 15 is 0 Å². The highest BCUT2D eigenvalue weighted by atomic mass is 16.2. The first-order valence-corrected chi connectivity index (χ1v) is 7.84. The van der Waals surface area contributed by atoms with Crippen LogP contribution in [0.3, 0.4) is 0 Å². The van der Waals surface area contributed by atoms with Gasteiger partial charge >= 0.3 is 0 Å². The van der Waals surface area contributed by atoms with Crippen LogP contribution in [-0.2, 0) is 4.79 Å². The lowest BCUT2D eigenvalue weighted by atomic mass is 9.99. The quantitative estimate of drug-likeness (QED) is 0.902. The highest BCUT2D eigenvalue weighted by molar-refractivity contribution is 5.81. The van der Waals surface area contributed by atoms with Gasteiger partial charge in [0, 0.05) is 19.6 Å². The van der Waals surface area contributed by atoms with Gasteiger partial charge in [-0.25, -0.2) is 0 Å². The van der Waals surface area contributed by atoms with Crippen LogP contribution in [0.4, 0.5) is 0 Å². The van der Waals surface area contributed by atoms with E-state index in [0.29, 0.717) is 5.92 Å². The normalized spacial score (nSPS) is 17.4. The van der Waals surface area contributed by atoms with Gasteiger partial charge in [-0.1, -0.05) is 50.3 Å². The zero-order valence-electron chi connectivity index (χ0n) is 13.3. The monoisotopic (exact) mass is 286 g/mol. The Morgan fingerprint density at radius 3 is 2.52 bits per heavy atom. The summed E-state index contributed by atoms with van der Waals surface area (Å²) in [6, 6.07) is 10.4. The fourth-order valence-electron chi connectivity index (χ4n) is 2.57. The average molecular weight is 286 g/mol. The van der Waals surface area contributed by atoms with Gasteiger partial charge in [-0.2, -0.15) is 0 Å². The first-order valence-electron chi connectivity index (χ1n) is 7.84. The van der Waals surface area contributed by atoms with Crippen LogP contribution in [0.2, 0.25) is 0 Å². The molecular weight excluding hydrogens is 260 g/mol. The maximum absolute atomic E-state index is 12.1. The summed E-state index contributed by atoms with van der Waals surface area (Å²) in [5.41, 5.74) is 2.69. The number of amides is 1. The Bertz CT molecular complexity index is 493. The molecular formula is C18H26N2O. The van der Waals surface area contributed by atoms with Crippen LogP contribution in [0.15, 0.2) is 36.4 Å². The van der Waals surface area contributed by atoms with E-state index in [1.807, 2.05) is 13.0 Å². The Balaban J connectivity index is 1.90. The van der Waals surface area contributed by atoms with Gasteiger partial charge in [-0.15, -0.1) is 0 Å². The van der Waals surface area contributed by atoms with Crippen LogP contribution in [0.25, 0.3) is 5.57 Å². The second-order valence-corrected chi connectivity index (χ2v) is 6.16. The lowest BCUT2D eigenvalue weighted by Gasteiger charge is -2.31. The third kappa shape index (κ3) is 4.43. The van der Waals surface area contributed by atoms with Crippen molar-refractivity contribution in [3.8, 4) is 0 Å². The minimum atomic E-state index is -0.0580. The molecule has 0 bridgehead atoms. The van der Waals surface area contributed by atoms with Gasteiger partial charge in [0.1, 0.15) is 0 Å². The predicted molar refractivity (Wildman–Crippen MR) is 87.9 cm³/mol. The molecule has 1 heterocycles. The largest absolute Gasteiger partial charge is 0.354 e. The van der Waals surface area contributed by atoms with Crippen molar-refractivity contribution >= 4 is 11.5 Å². The average Bonchev–Trinajstić information content (AvgIpc) is 2.53. The molecule has 1 amide bonds. The number of benzene rings is 1. The zero-order chi connectivity index (χ0) is 15.2. The Hall–Kier alpha value is -1.61. The standard InChI is InChI=1S/C18H26N2O/c1-14(2)13-19-18(21)15(3)20-11-9-17(10-12-20)16-7-5-4-6-8-16/h4-9,14-15H,10-13H2,1-3H3,(H,19,21)/t15-/m1/s1. The summed E-state index contributed by atoms with van der Waals surface area (Å²) >= 11 is 0. The van der Waals surface area contributed by atoms with E-state index in [0.717, 1.165) is 26.1 Å². The van der Waals surface area contributed by atoms with Crippen molar-refractivity contribution in [3.63, 3.8) is 0 Å². The maximum atomic E-state index is 12.1. The summed E-state index contributed by atoms with van der Waals surface area (Å²) in [5, 5.41) is 3.02. The van der Waals surface area contributed by atoms with E-state index in [1.54, 1.807) is 0 Å². The number of nitrogens with zero attached hydrogens (tertiary/aromatic N) is 1. The summed E-state index contributed by atoms with van der Waals surface area (Å²) < 4.78 is 0. The molecule has 0 aliphatic carbocycles. The van der Waals surface area contributed by atoms with Gasteiger partial charge < -0.3 is 5.32 Å². The Kier molecular flexibility index (Phi) is 5.57. The van der Waals surface area contributed by atoms with Crippen molar-refractivity contribution in [2.45, 2.75) is 33.2 Å². The van der Waals surface area contributed by atoms with Gasteiger partial charge in [0.2, 0.25) is 5.91 Å². The van der Waals surface area contributed by atoms with Crippen LogP contribution in [0, 0.1) is 5.92 Å². The van der Waals surface area contributed by atoms with E-state index in [1.165, 1.54) is 11.1 Å². The lowest BCUT2D eigenvalue weighted by molar-refractivity contribution is -0.125. The van der Waals surface area contributed by atoms with Crippen molar-refractivity contribution in [1.29, 1.82) is 0 Å². The Morgan fingerprint density at radius 2 is 1.95 bits per heavy atom. The third-order valence-electron chi connectivity index (χ3n) is 4.00. The number of carbonyl (C=O) groups is 1. The molecule has 3 nitrogen and oxygen atoms in total. The van der Waals surface area contributed by atoms with Crippen molar-refractivity contribution < 1.29 is 4.79 Å². The molecule has 114 valence electrons. The van der Waals surface area contributed by atoms with Crippen LogP contribution < -0.4 is 5.32 Å². The third-order valence-corrected chi connectivity index (χ3v) is 4.00. The SMILES string of the molecule is CC(C)CNC(=O)[C@@H](C)N1CC=C(c2ccccc2)CC1. The Morgan fingerprint density at radius 1 is 1.24 bits per heavy atom. The number of hydrogen-bond donors (Lipinski definition) is 1. The number of nitrogens with one attached hydrogen (secondary N) is 1. The van der Waals surface area contributed by atoms with Gasteiger partial charge in [-0.05, 0) is 30.4 Å². The van der Waals surface area contributed by atoms with E-state index in [-0.39, 0.29) is 11.9 Å². The molecule has 0 radical (unpaired) electrons. The van der Waals surface area contributed by atoms with E-state index in [4.69, 9.17) is 0 Å². The van der Waals surface area contributed by atoms with E-state index in [2.05, 4.69) is 54.4 Å². The molecule has 1 N–H and O–H groups in total. The highest BCUT2D eigenvalue weighted by Crippen LogP contribution is 2.22. The molecule has 2 rings (SSSR count). The summed E-state index contributed by atoms with van der Waals surface area (Å²) in [6.07, 6.45) is 3.26. The van der Waals surface area contributed by atoms with Gasteiger partial charge in [0.05, 0.1) is 6.04 Å². The van der Waals surface area contributed by atoms with Crippen molar-refractivity contribution in [2.75, 3.05) is 19.6 Å². The molecule has 1 atom stereocenters. The maximum Gasteiger partial charge on any atom is 0.237 e. The molecule has 0 saturated heterocycles. The zero-order valence-corrected chi connectivity index (χ0v) is 13.3. The van der Waals surface area contributed by atoms with Crippen LogP contribution >= 0.6 is 0 Å². The molecule has 1 aromatic carbocycles. The molecule has 1 aromatic rings. The highest BCUT2D eigenvalue weighted by Gasteiger charge is 2.23. The minimum Gasteiger partial charge on any atom is -0.354 e. The topological polar surface area (TPSA) is 32.3 Å². The molecule has 0 unspecified atom stereocenters. The second kappa shape index (κ2) is 7.41. The molecule has 0 spiro atoms. The molecule has 1 aliphatic rings. The van der Waals surface area contributed by atoms with Gasteiger partial charge in [0.25, 0.3) is 0 Å². The first-order chi connectivity index (χ1) is 10.1. The number of carbonyl (C=O) groups excluding carboxylic acids is 1. The molecule has 21 heavy (non-hydrogen) atoms. The van der Waals surface area contributed by atoms with E-state index < -0.39 is 0 Å². The van der Waals surface area contributed by atoms with Crippen molar-refractivity contribution in [1.82, 2.24) is 10.2 Å². The van der Waals surface area contributed by atoms with Crippen LogP contribution in [0.5, 0.6) is 0 Å². The van der Waals surface area contributed by atoms with Crippen molar-refractivity contribution in [2.24, 2.45) is 5.92 Å². The smallest absolute Gasteiger partial charge is 0.237 e. The lowest BCUT2D eigenvalue weighted by Crippen LogP contribution is -2.47. The number of rotatable bonds is 5. The van der Waals surface area contributed by atoms with Crippen LogP contribution in [0.1, 0.15) is 32.8 Å². The predicted octanol–water partition coefficient (Wildman–Crippen LogP) is 2.94. The molecule has 3 heteroatoms.